The topological polar surface area (TPSA) is 61.5 Å². The van der Waals surface area contributed by atoms with Crippen LogP contribution in [0, 0.1) is 11.6 Å². The van der Waals surface area contributed by atoms with Gasteiger partial charge in [0.05, 0.1) is 5.56 Å². The molecule has 0 aliphatic carbocycles. The second-order valence-electron chi connectivity index (χ2n) is 9.06. The number of hydrogen-bond acceptors (Lipinski definition) is 6. The van der Waals surface area contributed by atoms with E-state index in [2.05, 4.69) is 24.7 Å². The van der Waals surface area contributed by atoms with Crippen molar-refractivity contribution in [1.29, 1.82) is 0 Å². The summed E-state index contributed by atoms with van der Waals surface area (Å²) in [6.45, 7) is 6.46. The Morgan fingerprint density at radius 2 is 1.41 bits per heavy atom. The highest BCUT2D eigenvalue weighted by Gasteiger charge is 2.29. The fourth-order valence-electron chi connectivity index (χ4n) is 5.09. The van der Waals surface area contributed by atoms with Crippen molar-refractivity contribution in [3.63, 3.8) is 0 Å². The van der Waals surface area contributed by atoms with E-state index in [4.69, 9.17) is 5.73 Å². The molecule has 0 amide bonds. The van der Waals surface area contributed by atoms with Crippen molar-refractivity contribution in [2.24, 2.45) is 0 Å². The zero-order valence-electron chi connectivity index (χ0n) is 19.2. The molecule has 0 radical (unpaired) electrons. The van der Waals surface area contributed by atoms with Crippen LogP contribution >= 0.6 is 0 Å². The van der Waals surface area contributed by atoms with Crippen LogP contribution in [-0.4, -0.2) is 65.6 Å². The summed E-state index contributed by atoms with van der Waals surface area (Å²) >= 11 is 0. The summed E-state index contributed by atoms with van der Waals surface area (Å²) in [7, 11) is 0. The Kier molecular flexibility index (Phi) is 6.69. The number of rotatable bonds is 6. The zero-order valence-corrected chi connectivity index (χ0v) is 19.2. The average molecular weight is 465 g/mol. The highest BCUT2D eigenvalue weighted by Crippen LogP contribution is 2.34. The summed E-state index contributed by atoms with van der Waals surface area (Å²) in [6.07, 6.45) is 3.97. The molecule has 5 rings (SSSR count). The number of nitrogen functional groups attached to an aromatic ring is 1. The number of aromatic nitrogens is 2. The third-order valence-corrected chi connectivity index (χ3v) is 6.93. The van der Waals surface area contributed by atoms with Gasteiger partial charge in [0.25, 0.3) is 0 Å². The molecule has 1 aromatic heterocycles. The van der Waals surface area contributed by atoms with E-state index in [9.17, 15) is 8.78 Å². The van der Waals surface area contributed by atoms with Gasteiger partial charge < -0.3 is 15.5 Å². The van der Waals surface area contributed by atoms with Gasteiger partial charge in [0.2, 0.25) is 0 Å². The second-order valence-corrected chi connectivity index (χ2v) is 9.06. The molecule has 1 atom stereocenters. The van der Waals surface area contributed by atoms with E-state index in [-0.39, 0.29) is 17.7 Å². The summed E-state index contributed by atoms with van der Waals surface area (Å²) in [5, 5.41) is 0. The van der Waals surface area contributed by atoms with E-state index in [1.54, 1.807) is 24.3 Å². The Morgan fingerprint density at radius 1 is 0.794 bits per heavy atom. The van der Waals surface area contributed by atoms with Crippen LogP contribution < -0.4 is 10.6 Å². The molecule has 0 unspecified atom stereocenters. The van der Waals surface area contributed by atoms with Crippen molar-refractivity contribution >= 4 is 11.6 Å². The lowest BCUT2D eigenvalue weighted by atomic mass is 10.0. The summed E-state index contributed by atoms with van der Waals surface area (Å²) in [4.78, 5) is 16.0. The Bertz CT molecular complexity index is 1090. The van der Waals surface area contributed by atoms with Crippen molar-refractivity contribution in [1.82, 2.24) is 19.8 Å². The summed E-state index contributed by atoms with van der Waals surface area (Å²) in [5.41, 5.74) is 8.93. The number of benzene rings is 2. The van der Waals surface area contributed by atoms with Gasteiger partial charge in [-0.05, 0) is 61.3 Å². The molecule has 2 N–H and O–H groups in total. The third-order valence-electron chi connectivity index (χ3n) is 6.93. The average Bonchev–Trinajstić information content (AvgIpc) is 3.37. The number of nitrogens with two attached hydrogens (primary N) is 1. The number of anilines is 2. The van der Waals surface area contributed by atoms with Crippen LogP contribution in [0.3, 0.4) is 0 Å². The van der Waals surface area contributed by atoms with Gasteiger partial charge in [0.15, 0.2) is 0 Å². The van der Waals surface area contributed by atoms with Crippen molar-refractivity contribution in [3.05, 3.63) is 72.1 Å². The normalized spacial score (nSPS) is 18.4. The molecular weight excluding hydrogens is 434 g/mol. The van der Waals surface area contributed by atoms with Gasteiger partial charge >= 0.3 is 0 Å². The number of piperazine rings is 1. The van der Waals surface area contributed by atoms with E-state index in [1.807, 2.05) is 12.1 Å². The number of likely N-dealkylation sites (tertiary alicyclic amines) is 1. The standard InChI is InChI=1S/C26H30F2N6/c27-21-7-3-19(4-8-21)23(17-32-11-1-2-12-32)33-13-15-34(16-14-33)26-24(25(29)30-18-31-26)20-5-9-22(28)10-6-20/h3-10,18,23H,1-2,11-17H2,(H2,29,30,31)/t23-/m0/s1. The fourth-order valence-corrected chi connectivity index (χ4v) is 5.09. The molecule has 0 saturated carbocycles. The van der Waals surface area contributed by atoms with E-state index in [0.29, 0.717) is 5.82 Å². The maximum atomic E-state index is 13.6. The first-order valence-corrected chi connectivity index (χ1v) is 11.9. The molecule has 2 aliphatic heterocycles. The van der Waals surface area contributed by atoms with Crippen LogP contribution in [-0.2, 0) is 0 Å². The minimum atomic E-state index is -0.292. The lowest BCUT2D eigenvalue weighted by Gasteiger charge is -2.41. The number of hydrogen-bond donors (Lipinski definition) is 1. The van der Waals surface area contributed by atoms with E-state index in [1.165, 1.54) is 31.3 Å². The maximum Gasteiger partial charge on any atom is 0.142 e. The molecule has 0 bridgehead atoms. The summed E-state index contributed by atoms with van der Waals surface area (Å²) < 4.78 is 27.1. The Morgan fingerprint density at radius 3 is 2.06 bits per heavy atom. The molecule has 8 heteroatoms. The lowest BCUT2D eigenvalue weighted by Crippen LogP contribution is -2.50. The molecular formula is C26H30F2N6. The summed E-state index contributed by atoms with van der Waals surface area (Å²) in [6, 6.07) is 13.4. The highest BCUT2D eigenvalue weighted by molar-refractivity contribution is 5.84. The van der Waals surface area contributed by atoms with Gasteiger partial charge in [-0.2, -0.15) is 0 Å². The molecule has 3 heterocycles. The SMILES string of the molecule is Nc1ncnc(N2CCN([C@@H](CN3CCCC3)c3ccc(F)cc3)CC2)c1-c1ccc(F)cc1. The molecule has 2 fully saturated rings. The maximum absolute atomic E-state index is 13.6. The van der Waals surface area contributed by atoms with Gasteiger partial charge in [-0.15, -0.1) is 0 Å². The monoisotopic (exact) mass is 464 g/mol. The predicted octanol–water partition coefficient (Wildman–Crippen LogP) is 3.96. The van der Waals surface area contributed by atoms with Crippen LogP contribution in [0.4, 0.5) is 20.4 Å². The number of halogens is 2. The van der Waals surface area contributed by atoms with Crippen LogP contribution in [0.5, 0.6) is 0 Å². The minimum absolute atomic E-state index is 0.205. The zero-order chi connectivity index (χ0) is 23.5. The molecule has 6 nitrogen and oxygen atoms in total. The van der Waals surface area contributed by atoms with Crippen LogP contribution in [0.2, 0.25) is 0 Å². The smallest absolute Gasteiger partial charge is 0.142 e. The van der Waals surface area contributed by atoms with Crippen LogP contribution in [0.1, 0.15) is 24.4 Å². The Balaban J connectivity index is 1.35. The molecule has 3 aromatic rings. The first kappa shape index (κ1) is 22.7. The van der Waals surface area contributed by atoms with Gasteiger partial charge in [-0.1, -0.05) is 24.3 Å². The van der Waals surface area contributed by atoms with Crippen molar-refractivity contribution in [2.45, 2.75) is 18.9 Å². The van der Waals surface area contributed by atoms with Gasteiger partial charge in [0, 0.05) is 38.8 Å². The van der Waals surface area contributed by atoms with E-state index < -0.39 is 0 Å². The Hall–Kier alpha value is -3.10. The van der Waals surface area contributed by atoms with Gasteiger partial charge in [0.1, 0.15) is 29.6 Å². The van der Waals surface area contributed by atoms with Crippen molar-refractivity contribution in [3.8, 4) is 11.1 Å². The molecule has 34 heavy (non-hydrogen) atoms. The lowest BCUT2D eigenvalue weighted by molar-refractivity contribution is 0.143. The minimum Gasteiger partial charge on any atom is -0.383 e. The van der Waals surface area contributed by atoms with Gasteiger partial charge in [-0.25, -0.2) is 18.7 Å². The van der Waals surface area contributed by atoms with E-state index in [0.717, 1.165) is 68.3 Å². The van der Waals surface area contributed by atoms with E-state index >= 15 is 0 Å². The van der Waals surface area contributed by atoms with Gasteiger partial charge in [-0.3, -0.25) is 4.90 Å². The molecule has 178 valence electrons. The van der Waals surface area contributed by atoms with Crippen LogP contribution in [0.25, 0.3) is 11.1 Å². The largest absolute Gasteiger partial charge is 0.383 e. The predicted molar refractivity (Wildman–Crippen MR) is 130 cm³/mol. The molecule has 2 saturated heterocycles. The molecule has 2 aromatic carbocycles. The van der Waals surface area contributed by atoms with Crippen LogP contribution in [0.15, 0.2) is 54.9 Å². The highest BCUT2D eigenvalue weighted by atomic mass is 19.1. The quantitative estimate of drug-likeness (QED) is 0.596. The number of nitrogens with zero attached hydrogens (tertiary/aromatic N) is 5. The van der Waals surface area contributed by atoms with Crippen molar-refractivity contribution < 1.29 is 8.78 Å². The first-order valence-electron chi connectivity index (χ1n) is 11.9. The molecule has 2 aliphatic rings. The third kappa shape index (κ3) is 4.88. The first-order chi connectivity index (χ1) is 16.6. The molecule has 0 spiro atoms. The second kappa shape index (κ2) is 10.0. The summed E-state index contributed by atoms with van der Waals surface area (Å²) in [5.74, 6) is 0.663. The Labute approximate surface area is 199 Å². The fraction of sp³-hybridized carbons (Fsp3) is 0.385. The van der Waals surface area contributed by atoms with Crippen molar-refractivity contribution in [2.75, 3.05) is 56.4 Å².